The topological polar surface area (TPSA) is 87.9 Å². The number of ether oxygens (including phenoxy) is 1. The van der Waals surface area contributed by atoms with E-state index in [9.17, 15) is 9.59 Å². The highest BCUT2D eigenvalue weighted by molar-refractivity contribution is 5.83. The summed E-state index contributed by atoms with van der Waals surface area (Å²) < 4.78 is 10.6. The van der Waals surface area contributed by atoms with Crippen LogP contribution in [0.2, 0.25) is 0 Å². The summed E-state index contributed by atoms with van der Waals surface area (Å²) in [5.74, 6) is 0.646. The maximum Gasteiger partial charge on any atom is 0.225 e. The number of likely N-dealkylation sites (tertiary alicyclic amines) is 1. The van der Waals surface area contributed by atoms with Crippen LogP contribution in [-0.4, -0.2) is 72.7 Å². The molecule has 3 heterocycles. The van der Waals surface area contributed by atoms with Crippen LogP contribution in [0.4, 0.5) is 0 Å². The molecule has 0 aromatic carbocycles. The number of morpholine rings is 1. The highest BCUT2D eigenvalue weighted by atomic mass is 16.5. The number of carbonyl (C=O) groups excluding carboxylic acids is 2. The minimum absolute atomic E-state index is 0.0184. The largest absolute Gasteiger partial charge is 0.379 e. The van der Waals surface area contributed by atoms with Crippen molar-refractivity contribution in [3.05, 3.63) is 17.5 Å². The molecule has 0 radical (unpaired) electrons. The maximum atomic E-state index is 12.5. The van der Waals surface area contributed by atoms with Crippen LogP contribution in [-0.2, 0) is 27.3 Å². The van der Waals surface area contributed by atoms with Gasteiger partial charge in [0.05, 0.1) is 31.4 Å². The van der Waals surface area contributed by atoms with Crippen LogP contribution in [0, 0.1) is 5.92 Å². The third-order valence-corrected chi connectivity index (χ3v) is 5.28. The van der Waals surface area contributed by atoms with Crippen LogP contribution < -0.4 is 5.32 Å². The fraction of sp³-hybridized carbons (Fsp3) is 0.737. The molecule has 2 aliphatic heterocycles. The Balaban J connectivity index is 1.41. The van der Waals surface area contributed by atoms with E-state index >= 15 is 0 Å². The summed E-state index contributed by atoms with van der Waals surface area (Å²) in [6, 6.07) is 1.86. The number of aryl methyl sites for hydroxylation is 1. The Hall–Kier alpha value is -1.93. The molecule has 0 bridgehead atoms. The van der Waals surface area contributed by atoms with Crippen LogP contribution >= 0.6 is 0 Å². The molecule has 1 N–H and O–H groups in total. The molecule has 1 aromatic heterocycles. The van der Waals surface area contributed by atoms with Crippen molar-refractivity contribution in [1.29, 1.82) is 0 Å². The first-order valence-corrected chi connectivity index (χ1v) is 9.95. The molecule has 8 nitrogen and oxygen atoms in total. The Kier molecular flexibility index (Phi) is 7.23. The minimum atomic E-state index is -0.153. The number of amides is 2. The molecule has 0 aliphatic carbocycles. The number of piperidine rings is 1. The predicted molar refractivity (Wildman–Crippen MR) is 98.9 cm³/mol. The van der Waals surface area contributed by atoms with Crippen molar-refractivity contribution in [2.24, 2.45) is 5.92 Å². The monoisotopic (exact) mass is 378 g/mol. The van der Waals surface area contributed by atoms with Gasteiger partial charge in [0.15, 0.2) is 5.76 Å². The van der Waals surface area contributed by atoms with Gasteiger partial charge in [0.1, 0.15) is 0 Å². The zero-order valence-corrected chi connectivity index (χ0v) is 16.1. The highest BCUT2D eigenvalue weighted by Gasteiger charge is 2.30. The Morgan fingerprint density at radius 3 is 2.89 bits per heavy atom. The summed E-state index contributed by atoms with van der Waals surface area (Å²) in [6.45, 7) is 8.02. The van der Waals surface area contributed by atoms with Crippen molar-refractivity contribution in [2.45, 2.75) is 39.2 Å². The number of nitrogens with zero attached hydrogens (tertiary/aromatic N) is 3. The number of carbonyl (C=O) groups is 2. The lowest BCUT2D eigenvalue weighted by molar-refractivity contribution is -0.138. The van der Waals surface area contributed by atoms with Gasteiger partial charge in [0.2, 0.25) is 11.8 Å². The lowest BCUT2D eigenvalue weighted by atomic mass is 9.96. The molecule has 8 heteroatoms. The van der Waals surface area contributed by atoms with Gasteiger partial charge in [-0.1, -0.05) is 12.1 Å². The zero-order valence-electron chi connectivity index (χ0n) is 16.1. The van der Waals surface area contributed by atoms with Crippen LogP contribution in [0.3, 0.4) is 0 Å². The van der Waals surface area contributed by atoms with E-state index in [2.05, 4.69) is 15.4 Å². The fourth-order valence-electron chi connectivity index (χ4n) is 3.58. The van der Waals surface area contributed by atoms with Gasteiger partial charge in [-0.2, -0.15) is 0 Å². The van der Waals surface area contributed by atoms with Crippen LogP contribution in [0.25, 0.3) is 0 Å². The molecule has 2 amide bonds. The second-order valence-corrected chi connectivity index (χ2v) is 7.24. The smallest absolute Gasteiger partial charge is 0.225 e. The summed E-state index contributed by atoms with van der Waals surface area (Å²) in [6.07, 6.45) is 2.79. The van der Waals surface area contributed by atoms with Crippen molar-refractivity contribution in [1.82, 2.24) is 20.3 Å². The lowest BCUT2D eigenvalue weighted by Crippen LogP contribution is -2.46. The third kappa shape index (κ3) is 5.77. The van der Waals surface area contributed by atoms with E-state index < -0.39 is 0 Å². The molecular formula is C19H30N4O4. The minimum Gasteiger partial charge on any atom is -0.379 e. The van der Waals surface area contributed by atoms with Crippen molar-refractivity contribution in [2.75, 3.05) is 45.9 Å². The van der Waals surface area contributed by atoms with Gasteiger partial charge in [0.25, 0.3) is 0 Å². The quantitative estimate of drug-likeness (QED) is 0.720. The summed E-state index contributed by atoms with van der Waals surface area (Å²) in [7, 11) is 0. The van der Waals surface area contributed by atoms with Crippen molar-refractivity contribution in [3.8, 4) is 0 Å². The summed E-state index contributed by atoms with van der Waals surface area (Å²) in [4.78, 5) is 28.9. The van der Waals surface area contributed by atoms with E-state index in [1.54, 1.807) is 0 Å². The Bertz CT molecular complexity index is 627. The van der Waals surface area contributed by atoms with Crippen LogP contribution in [0.5, 0.6) is 0 Å². The lowest BCUT2D eigenvalue weighted by Gasteiger charge is -2.33. The van der Waals surface area contributed by atoms with Crippen molar-refractivity contribution < 1.29 is 18.8 Å². The maximum absolute atomic E-state index is 12.5. The standard InChI is InChI=1S/C19H30N4O4/c1-2-16-12-17(27-21-16)13-20-19(25)15-4-5-18(24)23(14-15)7-3-6-22-8-10-26-11-9-22/h12,15H,2-11,13-14H2,1H3,(H,20,25)/t15-/m1/s1. The highest BCUT2D eigenvalue weighted by Crippen LogP contribution is 2.18. The van der Waals surface area contributed by atoms with E-state index in [0.717, 1.165) is 51.4 Å². The van der Waals surface area contributed by atoms with Gasteiger partial charge in [-0.15, -0.1) is 0 Å². The Morgan fingerprint density at radius 2 is 2.15 bits per heavy atom. The first-order chi connectivity index (χ1) is 13.2. The van der Waals surface area contributed by atoms with E-state index in [0.29, 0.717) is 38.2 Å². The molecule has 27 heavy (non-hydrogen) atoms. The Labute approximate surface area is 160 Å². The van der Waals surface area contributed by atoms with Gasteiger partial charge in [-0.05, 0) is 19.3 Å². The summed E-state index contributed by atoms with van der Waals surface area (Å²) >= 11 is 0. The van der Waals surface area contributed by atoms with E-state index in [-0.39, 0.29) is 17.7 Å². The molecule has 1 aromatic rings. The first kappa shape index (κ1) is 19.8. The van der Waals surface area contributed by atoms with Gasteiger partial charge in [0, 0.05) is 45.2 Å². The van der Waals surface area contributed by atoms with Gasteiger partial charge < -0.3 is 19.5 Å². The molecular weight excluding hydrogens is 348 g/mol. The molecule has 2 saturated heterocycles. The predicted octanol–water partition coefficient (Wildman–Crippen LogP) is 0.814. The van der Waals surface area contributed by atoms with Crippen molar-refractivity contribution in [3.63, 3.8) is 0 Å². The molecule has 0 unspecified atom stereocenters. The number of rotatable bonds is 8. The average Bonchev–Trinajstić information content (AvgIpc) is 3.16. The second kappa shape index (κ2) is 9.85. The SMILES string of the molecule is CCc1cc(CNC(=O)[C@@H]2CCC(=O)N(CCCN3CCOCC3)C2)on1. The average molecular weight is 378 g/mol. The normalized spacial score (nSPS) is 21.4. The molecule has 2 aliphatic rings. The number of aromatic nitrogens is 1. The van der Waals surface area contributed by atoms with Gasteiger partial charge in [-0.25, -0.2) is 0 Å². The van der Waals surface area contributed by atoms with E-state index in [1.165, 1.54) is 0 Å². The van der Waals surface area contributed by atoms with E-state index in [4.69, 9.17) is 9.26 Å². The number of hydrogen-bond acceptors (Lipinski definition) is 6. The van der Waals surface area contributed by atoms with Crippen molar-refractivity contribution >= 4 is 11.8 Å². The number of hydrogen-bond donors (Lipinski definition) is 1. The van der Waals surface area contributed by atoms with Crippen LogP contribution in [0.15, 0.2) is 10.6 Å². The fourth-order valence-corrected chi connectivity index (χ4v) is 3.58. The number of nitrogens with one attached hydrogen (secondary N) is 1. The van der Waals surface area contributed by atoms with Crippen LogP contribution in [0.1, 0.15) is 37.6 Å². The molecule has 3 rings (SSSR count). The molecule has 1 atom stereocenters. The zero-order chi connectivity index (χ0) is 19.1. The molecule has 0 saturated carbocycles. The molecule has 2 fully saturated rings. The molecule has 0 spiro atoms. The Morgan fingerprint density at radius 1 is 1.33 bits per heavy atom. The van der Waals surface area contributed by atoms with Gasteiger partial charge in [-0.3, -0.25) is 14.5 Å². The third-order valence-electron chi connectivity index (χ3n) is 5.28. The summed E-state index contributed by atoms with van der Waals surface area (Å²) in [5, 5.41) is 6.84. The molecule has 150 valence electrons. The van der Waals surface area contributed by atoms with Gasteiger partial charge >= 0.3 is 0 Å². The second-order valence-electron chi connectivity index (χ2n) is 7.24. The van der Waals surface area contributed by atoms with E-state index in [1.807, 2.05) is 17.9 Å². The summed E-state index contributed by atoms with van der Waals surface area (Å²) in [5.41, 5.74) is 0.883. The first-order valence-electron chi connectivity index (χ1n) is 9.95.